The molecule has 1 atom stereocenters. The molecule has 1 rings (SSSR count). The van der Waals surface area contributed by atoms with Crippen LogP contribution in [0.4, 0.5) is 0 Å². The number of hydrogen-bond acceptors (Lipinski definition) is 2. The summed E-state index contributed by atoms with van der Waals surface area (Å²) in [6.45, 7) is 8.56. The molecule has 1 aromatic rings. The van der Waals surface area contributed by atoms with E-state index >= 15 is 0 Å². The minimum absolute atomic E-state index is 0.584. The topological polar surface area (TPSA) is 21.3 Å². The Morgan fingerprint density at radius 2 is 1.78 bits per heavy atom. The van der Waals surface area contributed by atoms with Gasteiger partial charge in [-0.25, -0.2) is 0 Å². The first kappa shape index (κ1) is 15.0. The molecule has 1 unspecified atom stereocenters. The van der Waals surface area contributed by atoms with Crippen LogP contribution in [0.1, 0.15) is 40.0 Å². The largest absolute Gasteiger partial charge is 0.494 e. The van der Waals surface area contributed by atoms with Gasteiger partial charge in [0.15, 0.2) is 0 Å². The first-order chi connectivity index (χ1) is 8.72. The minimum Gasteiger partial charge on any atom is -0.494 e. The predicted molar refractivity (Wildman–Crippen MR) is 78.1 cm³/mol. The Balaban J connectivity index is 2.24. The highest BCUT2D eigenvalue weighted by Gasteiger charge is 2.08. The van der Waals surface area contributed by atoms with Gasteiger partial charge in [0, 0.05) is 6.04 Å². The molecule has 0 bridgehead atoms. The van der Waals surface area contributed by atoms with Crippen molar-refractivity contribution in [2.24, 2.45) is 5.92 Å². The normalized spacial score (nSPS) is 12.7. The Labute approximate surface area is 112 Å². The Kier molecular flexibility index (Phi) is 7.51. The van der Waals surface area contributed by atoms with E-state index in [-0.39, 0.29) is 0 Å². The number of nitrogens with one attached hydrogen (secondary N) is 1. The van der Waals surface area contributed by atoms with E-state index in [1.807, 2.05) is 30.3 Å². The smallest absolute Gasteiger partial charge is 0.119 e. The Bertz CT molecular complexity index is 297. The number of para-hydroxylation sites is 1. The minimum atomic E-state index is 0.584. The molecule has 0 aliphatic heterocycles. The van der Waals surface area contributed by atoms with Crippen LogP contribution in [0.2, 0.25) is 0 Å². The third kappa shape index (κ3) is 6.65. The highest BCUT2D eigenvalue weighted by Crippen LogP contribution is 2.12. The van der Waals surface area contributed by atoms with Gasteiger partial charge in [-0.15, -0.1) is 0 Å². The van der Waals surface area contributed by atoms with Crippen LogP contribution in [-0.2, 0) is 0 Å². The summed E-state index contributed by atoms with van der Waals surface area (Å²) in [4.78, 5) is 0. The fraction of sp³-hybridized carbons (Fsp3) is 0.625. The van der Waals surface area contributed by atoms with Gasteiger partial charge < -0.3 is 10.1 Å². The second kappa shape index (κ2) is 8.98. The van der Waals surface area contributed by atoms with Crippen LogP contribution in [0.25, 0.3) is 0 Å². The first-order valence-corrected chi connectivity index (χ1v) is 7.13. The number of ether oxygens (including phenoxy) is 1. The molecule has 0 saturated heterocycles. The molecule has 0 amide bonds. The summed E-state index contributed by atoms with van der Waals surface area (Å²) < 4.78 is 5.75. The third-order valence-electron chi connectivity index (χ3n) is 3.06. The van der Waals surface area contributed by atoms with Crippen molar-refractivity contribution in [1.29, 1.82) is 0 Å². The average Bonchev–Trinajstić information content (AvgIpc) is 2.37. The number of benzene rings is 1. The van der Waals surface area contributed by atoms with Crippen LogP contribution in [0.3, 0.4) is 0 Å². The maximum atomic E-state index is 5.75. The summed E-state index contributed by atoms with van der Waals surface area (Å²) in [6.07, 6.45) is 3.60. The molecule has 0 aromatic heterocycles. The molecule has 2 heteroatoms. The Morgan fingerprint density at radius 3 is 2.39 bits per heavy atom. The zero-order valence-electron chi connectivity index (χ0n) is 12.0. The summed E-state index contributed by atoms with van der Waals surface area (Å²) in [5, 5.41) is 3.54. The molecule has 0 aliphatic carbocycles. The highest BCUT2D eigenvalue weighted by molar-refractivity contribution is 5.20. The molecule has 2 nitrogen and oxygen atoms in total. The van der Waals surface area contributed by atoms with Crippen LogP contribution < -0.4 is 10.1 Å². The standard InChI is InChI=1S/C16H27NO/c1-4-17-15(11-10-14(2)3)12-13-18-16-8-6-5-7-9-16/h5-9,14-15,17H,4,10-13H2,1-3H3. The van der Waals surface area contributed by atoms with E-state index in [0.717, 1.165) is 31.2 Å². The van der Waals surface area contributed by atoms with Crippen LogP contribution in [0, 0.1) is 5.92 Å². The molecule has 0 fully saturated rings. The molecule has 0 aliphatic rings. The second-order valence-corrected chi connectivity index (χ2v) is 5.18. The maximum absolute atomic E-state index is 5.75. The fourth-order valence-electron chi connectivity index (χ4n) is 2.01. The van der Waals surface area contributed by atoms with E-state index in [9.17, 15) is 0 Å². The van der Waals surface area contributed by atoms with Crippen molar-refractivity contribution in [2.45, 2.75) is 46.1 Å². The van der Waals surface area contributed by atoms with Gasteiger partial charge in [-0.3, -0.25) is 0 Å². The second-order valence-electron chi connectivity index (χ2n) is 5.18. The van der Waals surface area contributed by atoms with E-state index in [2.05, 4.69) is 26.1 Å². The Morgan fingerprint density at radius 1 is 1.06 bits per heavy atom. The third-order valence-corrected chi connectivity index (χ3v) is 3.06. The van der Waals surface area contributed by atoms with Crippen molar-refractivity contribution in [3.05, 3.63) is 30.3 Å². The first-order valence-electron chi connectivity index (χ1n) is 7.13. The molecule has 18 heavy (non-hydrogen) atoms. The molecule has 0 saturated carbocycles. The molecule has 102 valence electrons. The maximum Gasteiger partial charge on any atom is 0.119 e. The summed E-state index contributed by atoms with van der Waals surface area (Å²) in [5.41, 5.74) is 0. The average molecular weight is 249 g/mol. The lowest BCUT2D eigenvalue weighted by molar-refractivity contribution is 0.277. The van der Waals surface area contributed by atoms with Gasteiger partial charge >= 0.3 is 0 Å². The van der Waals surface area contributed by atoms with Crippen LogP contribution in [-0.4, -0.2) is 19.2 Å². The fourth-order valence-corrected chi connectivity index (χ4v) is 2.01. The van der Waals surface area contributed by atoms with Crippen molar-refractivity contribution in [2.75, 3.05) is 13.2 Å². The lowest BCUT2D eigenvalue weighted by Crippen LogP contribution is -2.30. The van der Waals surface area contributed by atoms with E-state index in [4.69, 9.17) is 4.74 Å². The quantitative estimate of drug-likeness (QED) is 0.717. The van der Waals surface area contributed by atoms with Crippen LogP contribution >= 0.6 is 0 Å². The SMILES string of the molecule is CCNC(CCOc1ccccc1)CCC(C)C. The van der Waals surface area contributed by atoms with Crippen LogP contribution in [0.15, 0.2) is 30.3 Å². The number of hydrogen-bond donors (Lipinski definition) is 1. The van der Waals surface area contributed by atoms with Crippen molar-refractivity contribution < 1.29 is 4.74 Å². The van der Waals surface area contributed by atoms with Gasteiger partial charge in [-0.1, -0.05) is 39.0 Å². The van der Waals surface area contributed by atoms with Crippen molar-refractivity contribution in [1.82, 2.24) is 5.32 Å². The highest BCUT2D eigenvalue weighted by atomic mass is 16.5. The molecule has 1 N–H and O–H groups in total. The summed E-state index contributed by atoms with van der Waals surface area (Å²) in [7, 11) is 0. The lowest BCUT2D eigenvalue weighted by Gasteiger charge is -2.19. The lowest BCUT2D eigenvalue weighted by atomic mass is 10.0. The van der Waals surface area contributed by atoms with Gasteiger partial charge in [0.2, 0.25) is 0 Å². The molecule has 1 aromatic carbocycles. The summed E-state index contributed by atoms with van der Waals surface area (Å²) in [6, 6.07) is 10.6. The predicted octanol–water partition coefficient (Wildman–Crippen LogP) is 3.87. The van der Waals surface area contributed by atoms with Crippen molar-refractivity contribution in [3.63, 3.8) is 0 Å². The van der Waals surface area contributed by atoms with Gasteiger partial charge in [0.05, 0.1) is 6.61 Å². The molecular weight excluding hydrogens is 222 g/mol. The summed E-state index contributed by atoms with van der Waals surface area (Å²) in [5.74, 6) is 1.75. The van der Waals surface area contributed by atoms with E-state index in [1.54, 1.807) is 0 Å². The monoisotopic (exact) mass is 249 g/mol. The van der Waals surface area contributed by atoms with Gasteiger partial charge in [0.1, 0.15) is 5.75 Å². The van der Waals surface area contributed by atoms with E-state index in [0.29, 0.717) is 6.04 Å². The molecule has 0 radical (unpaired) electrons. The summed E-state index contributed by atoms with van der Waals surface area (Å²) >= 11 is 0. The Hall–Kier alpha value is -1.02. The number of rotatable bonds is 9. The van der Waals surface area contributed by atoms with Crippen molar-refractivity contribution >= 4 is 0 Å². The zero-order valence-corrected chi connectivity index (χ0v) is 12.0. The molecular formula is C16H27NO. The van der Waals surface area contributed by atoms with Crippen LogP contribution in [0.5, 0.6) is 5.75 Å². The molecule has 0 spiro atoms. The van der Waals surface area contributed by atoms with E-state index in [1.165, 1.54) is 12.8 Å². The zero-order chi connectivity index (χ0) is 13.2. The van der Waals surface area contributed by atoms with Crippen molar-refractivity contribution in [3.8, 4) is 5.75 Å². The van der Waals surface area contributed by atoms with Gasteiger partial charge in [-0.05, 0) is 43.9 Å². The molecule has 0 heterocycles. The van der Waals surface area contributed by atoms with Gasteiger partial charge in [0.25, 0.3) is 0 Å². The van der Waals surface area contributed by atoms with E-state index < -0.39 is 0 Å². The van der Waals surface area contributed by atoms with Gasteiger partial charge in [-0.2, -0.15) is 0 Å².